The van der Waals surface area contributed by atoms with Gasteiger partial charge in [0.25, 0.3) is 0 Å². The van der Waals surface area contributed by atoms with Crippen molar-refractivity contribution in [2.24, 2.45) is 0 Å². The number of hydrogen-bond acceptors (Lipinski definition) is 2. The van der Waals surface area contributed by atoms with Crippen LogP contribution in [0.3, 0.4) is 0 Å². The van der Waals surface area contributed by atoms with Crippen LogP contribution in [-0.4, -0.2) is 13.7 Å². The van der Waals surface area contributed by atoms with Gasteiger partial charge in [-0.25, -0.2) is 0 Å². The van der Waals surface area contributed by atoms with Crippen molar-refractivity contribution in [2.45, 2.75) is 19.9 Å². The van der Waals surface area contributed by atoms with Crippen LogP contribution in [0.15, 0.2) is 29.3 Å². The Labute approximate surface area is 106 Å². The second-order valence-corrected chi connectivity index (χ2v) is 4.98. The van der Waals surface area contributed by atoms with Gasteiger partial charge in [-0.3, -0.25) is 0 Å². The molecule has 0 fully saturated rings. The van der Waals surface area contributed by atoms with Crippen LogP contribution in [0.1, 0.15) is 24.1 Å². The molecule has 0 radical (unpaired) electrons. The predicted molar refractivity (Wildman–Crippen MR) is 72.2 cm³/mol. The van der Waals surface area contributed by atoms with Gasteiger partial charge in [0.1, 0.15) is 12.4 Å². The molecule has 0 aliphatic heterocycles. The largest absolute Gasteiger partial charge is 0.488 e. The van der Waals surface area contributed by atoms with Crippen molar-refractivity contribution >= 4 is 15.9 Å². The molecule has 1 aromatic rings. The minimum Gasteiger partial charge on any atom is -0.488 e. The van der Waals surface area contributed by atoms with Crippen molar-refractivity contribution in [1.82, 2.24) is 5.32 Å². The smallest absolute Gasteiger partial charge is 0.124 e. The van der Waals surface area contributed by atoms with Gasteiger partial charge in [0.2, 0.25) is 0 Å². The summed E-state index contributed by atoms with van der Waals surface area (Å²) < 4.78 is 6.56. The van der Waals surface area contributed by atoms with Gasteiger partial charge in [0.05, 0.1) is 0 Å². The summed E-state index contributed by atoms with van der Waals surface area (Å²) in [7, 11) is 1.94. The van der Waals surface area contributed by atoms with Gasteiger partial charge in [0.15, 0.2) is 0 Å². The van der Waals surface area contributed by atoms with E-state index >= 15 is 0 Å². The zero-order valence-corrected chi connectivity index (χ0v) is 11.6. The lowest BCUT2D eigenvalue weighted by atomic mass is 10.1. The fourth-order valence-electron chi connectivity index (χ4n) is 1.44. The highest BCUT2D eigenvalue weighted by atomic mass is 79.9. The summed E-state index contributed by atoms with van der Waals surface area (Å²) in [6.45, 7) is 8.43. The summed E-state index contributed by atoms with van der Waals surface area (Å²) >= 11 is 3.29. The van der Waals surface area contributed by atoms with Crippen LogP contribution in [0.5, 0.6) is 5.75 Å². The molecular weight excluding hydrogens is 266 g/mol. The Hall–Kier alpha value is -0.800. The Morgan fingerprint density at radius 3 is 2.81 bits per heavy atom. The Kier molecular flexibility index (Phi) is 5.03. The third kappa shape index (κ3) is 3.65. The molecule has 0 saturated carbocycles. The van der Waals surface area contributed by atoms with Crippen LogP contribution in [0.2, 0.25) is 0 Å². The van der Waals surface area contributed by atoms with Crippen molar-refractivity contribution in [2.75, 3.05) is 13.7 Å². The highest BCUT2D eigenvalue weighted by Crippen LogP contribution is 2.26. The number of benzene rings is 1. The molecule has 0 bridgehead atoms. The molecule has 0 aromatic heterocycles. The van der Waals surface area contributed by atoms with Gasteiger partial charge < -0.3 is 10.1 Å². The second-order valence-electron chi connectivity index (χ2n) is 3.86. The van der Waals surface area contributed by atoms with Crippen LogP contribution in [0, 0.1) is 6.92 Å². The molecule has 0 aliphatic rings. The maximum atomic E-state index is 5.72. The van der Waals surface area contributed by atoms with Crippen LogP contribution in [0.4, 0.5) is 0 Å². The average Bonchev–Trinajstić information content (AvgIpc) is 2.25. The van der Waals surface area contributed by atoms with Crippen molar-refractivity contribution in [3.8, 4) is 5.75 Å². The maximum absolute atomic E-state index is 5.72. The fraction of sp³-hybridized carbons (Fsp3) is 0.385. The summed E-state index contributed by atoms with van der Waals surface area (Å²) in [5.41, 5.74) is 2.36. The van der Waals surface area contributed by atoms with E-state index in [-0.39, 0.29) is 6.04 Å². The Bertz CT molecular complexity index is 376. The Morgan fingerprint density at radius 1 is 1.56 bits per heavy atom. The van der Waals surface area contributed by atoms with E-state index in [0.717, 1.165) is 10.2 Å². The molecule has 1 N–H and O–H groups in total. The summed E-state index contributed by atoms with van der Waals surface area (Å²) in [5.74, 6) is 0.919. The first-order valence-corrected chi connectivity index (χ1v) is 6.07. The lowest BCUT2D eigenvalue weighted by molar-refractivity contribution is 0.352. The third-order valence-electron chi connectivity index (χ3n) is 2.45. The van der Waals surface area contributed by atoms with E-state index in [1.807, 2.05) is 7.05 Å². The number of rotatable bonds is 5. The highest BCUT2D eigenvalue weighted by Gasteiger charge is 2.10. The number of nitrogens with one attached hydrogen (secondary N) is 1. The van der Waals surface area contributed by atoms with Crippen molar-refractivity contribution < 1.29 is 4.74 Å². The molecule has 0 amide bonds. The lowest BCUT2D eigenvalue weighted by Crippen LogP contribution is -2.14. The van der Waals surface area contributed by atoms with Gasteiger partial charge >= 0.3 is 0 Å². The zero-order valence-electron chi connectivity index (χ0n) is 10.0. The van der Waals surface area contributed by atoms with E-state index in [1.54, 1.807) is 0 Å². The SMILES string of the molecule is C=C(Br)COc1cc(C)ccc1C(C)NC. The molecule has 16 heavy (non-hydrogen) atoms. The van der Waals surface area contributed by atoms with E-state index in [4.69, 9.17) is 4.74 Å². The van der Waals surface area contributed by atoms with Gasteiger partial charge in [0, 0.05) is 16.1 Å². The Morgan fingerprint density at radius 2 is 2.25 bits per heavy atom. The van der Waals surface area contributed by atoms with Gasteiger partial charge in [-0.1, -0.05) is 34.6 Å². The molecule has 2 nitrogen and oxygen atoms in total. The quantitative estimate of drug-likeness (QED) is 0.892. The van der Waals surface area contributed by atoms with Gasteiger partial charge in [-0.05, 0) is 32.5 Å². The molecule has 1 aromatic carbocycles. The summed E-state index contributed by atoms with van der Waals surface area (Å²) in [4.78, 5) is 0. The molecular formula is C13H18BrNO. The minimum absolute atomic E-state index is 0.277. The zero-order chi connectivity index (χ0) is 12.1. The maximum Gasteiger partial charge on any atom is 0.124 e. The first kappa shape index (κ1) is 13.3. The molecule has 1 unspecified atom stereocenters. The predicted octanol–water partition coefficient (Wildman–Crippen LogP) is 3.56. The third-order valence-corrected chi connectivity index (χ3v) is 2.68. The highest BCUT2D eigenvalue weighted by molar-refractivity contribution is 9.11. The van der Waals surface area contributed by atoms with Crippen molar-refractivity contribution in [3.05, 3.63) is 40.4 Å². The van der Waals surface area contributed by atoms with E-state index < -0.39 is 0 Å². The molecule has 1 rings (SSSR count). The Balaban J connectivity index is 2.93. The molecule has 0 spiro atoms. The summed E-state index contributed by atoms with van der Waals surface area (Å²) in [5, 5.41) is 3.21. The first-order valence-electron chi connectivity index (χ1n) is 5.28. The topological polar surface area (TPSA) is 21.3 Å². The second kappa shape index (κ2) is 6.06. The van der Waals surface area contributed by atoms with Crippen LogP contribution < -0.4 is 10.1 Å². The molecule has 0 saturated heterocycles. The first-order chi connectivity index (χ1) is 7.54. The van der Waals surface area contributed by atoms with Crippen molar-refractivity contribution in [3.63, 3.8) is 0 Å². The van der Waals surface area contributed by atoms with Crippen LogP contribution in [0.25, 0.3) is 0 Å². The van der Waals surface area contributed by atoms with E-state index in [1.165, 1.54) is 11.1 Å². The number of ether oxygens (including phenoxy) is 1. The van der Waals surface area contributed by atoms with Crippen LogP contribution in [-0.2, 0) is 0 Å². The van der Waals surface area contributed by atoms with E-state index in [0.29, 0.717) is 6.61 Å². The number of halogens is 1. The summed E-state index contributed by atoms with van der Waals surface area (Å²) in [6.07, 6.45) is 0. The van der Waals surface area contributed by atoms with E-state index in [9.17, 15) is 0 Å². The average molecular weight is 284 g/mol. The molecule has 3 heteroatoms. The monoisotopic (exact) mass is 283 g/mol. The normalized spacial score (nSPS) is 12.2. The van der Waals surface area contributed by atoms with E-state index in [2.05, 4.69) is 59.9 Å². The van der Waals surface area contributed by atoms with Gasteiger partial charge in [-0.15, -0.1) is 0 Å². The summed E-state index contributed by atoms with van der Waals surface area (Å²) in [6, 6.07) is 6.53. The molecule has 88 valence electrons. The van der Waals surface area contributed by atoms with Gasteiger partial charge in [-0.2, -0.15) is 0 Å². The van der Waals surface area contributed by atoms with Crippen LogP contribution >= 0.6 is 15.9 Å². The number of hydrogen-bond donors (Lipinski definition) is 1. The molecule has 1 atom stereocenters. The molecule has 0 heterocycles. The lowest BCUT2D eigenvalue weighted by Gasteiger charge is -2.17. The molecule has 0 aliphatic carbocycles. The fourth-order valence-corrected chi connectivity index (χ4v) is 1.55. The standard InChI is InChI=1S/C13H18BrNO/c1-9-5-6-12(11(3)15-4)13(7-9)16-8-10(2)14/h5-7,11,15H,2,8H2,1,3-4H3. The van der Waals surface area contributed by atoms with Crippen molar-refractivity contribution in [1.29, 1.82) is 0 Å². The number of aryl methyl sites for hydroxylation is 1. The minimum atomic E-state index is 0.277.